The molecular weight excluding hydrogens is 346 g/mol. The summed E-state index contributed by atoms with van der Waals surface area (Å²) in [5.41, 5.74) is 3.99. The molecule has 1 unspecified atom stereocenters. The summed E-state index contributed by atoms with van der Waals surface area (Å²) in [5, 5.41) is 14.7. The van der Waals surface area contributed by atoms with E-state index in [1.807, 2.05) is 32.0 Å². The van der Waals surface area contributed by atoms with Crippen LogP contribution in [0.1, 0.15) is 44.8 Å². The number of amides is 1. The Morgan fingerprint density at radius 3 is 2.92 bits per heavy atom. The maximum absolute atomic E-state index is 12.7. The van der Waals surface area contributed by atoms with E-state index in [9.17, 15) is 4.79 Å². The van der Waals surface area contributed by atoms with Crippen LogP contribution < -0.4 is 5.32 Å². The predicted molar refractivity (Wildman–Crippen MR) is 102 cm³/mol. The molecular formula is C19H21N5OS. The van der Waals surface area contributed by atoms with Crippen LogP contribution in [0.15, 0.2) is 24.3 Å². The molecule has 1 atom stereocenters. The van der Waals surface area contributed by atoms with Gasteiger partial charge in [-0.2, -0.15) is 4.68 Å². The highest BCUT2D eigenvalue weighted by molar-refractivity contribution is 7.14. The fraction of sp³-hybridized carbons (Fsp3) is 0.368. The molecule has 134 valence electrons. The van der Waals surface area contributed by atoms with Gasteiger partial charge in [0.1, 0.15) is 0 Å². The Balaban J connectivity index is 1.58. The summed E-state index contributed by atoms with van der Waals surface area (Å²) < 4.78 is 1.68. The first-order chi connectivity index (χ1) is 12.5. The molecule has 26 heavy (non-hydrogen) atoms. The Bertz CT molecular complexity index is 974. The summed E-state index contributed by atoms with van der Waals surface area (Å²) in [6.45, 7) is 6.12. The molecule has 7 heteroatoms. The second kappa shape index (κ2) is 6.64. The minimum atomic E-state index is -0.0553. The average molecular weight is 367 g/mol. The molecule has 0 saturated heterocycles. The highest BCUT2D eigenvalue weighted by Gasteiger charge is 2.21. The highest BCUT2D eigenvalue weighted by atomic mass is 32.1. The lowest BCUT2D eigenvalue weighted by atomic mass is 9.90. The molecule has 2 heterocycles. The van der Waals surface area contributed by atoms with Crippen LogP contribution in [0.2, 0.25) is 0 Å². The van der Waals surface area contributed by atoms with Crippen molar-refractivity contribution >= 4 is 22.9 Å². The van der Waals surface area contributed by atoms with Crippen molar-refractivity contribution in [2.24, 2.45) is 5.92 Å². The smallest absolute Gasteiger partial charge is 0.265 e. The summed E-state index contributed by atoms with van der Waals surface area (Å²) >= 11 is 1.62. The largest absolute Gasteiger partial charge is 0.321 e. The molecule has 1 aliphatic rings. The van der Waals surface area contributed by atoms with Crippen LogP contribution in [0, 0.1) is 19.8 Å². The molecule has 0 bridgehead atoms. The minimum absolute atomic E-state index is 0.0553. The third kappa shape index (κ3) is 3.14. The molecule has 4 rings (SSSR count). The zero-order valence-corrected chi connectivity index (χ0v) is 15.9. The van der Waals surface area contributed by atoms with Gasteiger partial charge in [0.15, 0.2) is 5.82 Å². The molecule has 0 spiro atoms. The van der Waals surface area contributed by atoms with Crippen molar-refractivity contribution in [3.63, 3.8) is 0 Å². The maximum Gasteiger partial charge on any atom is 0.265 e. The van der Waals surface area contributed by atoms with Crippen LogP contribution in [0.3, 0.4) is 0 Å². The summed E-state index contributed by atoms with van der Waals surface area (Å²) in [6.07, 6.45) is 3.37. The van der Waals surface area contributed by atoms with E-state index in [-0.39, 0.29) is 5.91 Å². The number of nitrogens with one attached hydrogen (secondary N) is 1. The molecule has 1 N–H and O–H groups in total. The Labute approximate surface area is 156 Å². The predicted octanol–water partition coefficient (Wildman–Crippen LogP) is 3.72. The number of hydrogen-bond donors (Lipinski definition) is 1. The number of benzene rings is 1. The van der Waals surface area contributed by atoms with E-state index in [4.69, 9.17) is 0 Å². The lowest BCUT2D eigenvalue weighted by Gasteiger charge is -2.16. The van der Waals surface area contributed by atoms with Crippen molar-refractivity contribution < 1.29 is 4.79 Å². The van der Waals surface area contributed by atoms with Crippen LogP contribution in [-0.2, 0) is 12.8 Å². The third-order valence-electron chi connectivity index (χ3n) is 4.87. The van der Waals surface area contributed by atoms with Gasteiger partial charge in [0, 0.05) is 10.6 Å². The van der Waals surface area contributed by atoms with Gasteiger partial charge in [-0.1, -0.05) is 13.0 Å². The van der Waals surface area contributed by atoms with Crippen LogP contribution in [0.4, 0.5) is 5.69 Å². The highest BCUT2D eigenvalue weighted by Crippen LogP contribution is 2.32. The molecule has 0 aliphatic heterocycles. The first-order valence-corrected chi connectivity index (χ1v) is 9.62. The molecule has 2 aromatic heterocycles. The second-order valence-corrected chi connectivity index (χ2v) is 8.14. The molecule has 1 aliphatic carbocycles. The van der Waals surface area contributed by atoms with Crippen LogP contribution in [0.5, 0.6) is 0 Å². The molecule has 0 saturated carbocycles. The zero-order valence-electron chi connectivity index (χ0n) is 15.1. The number of tetrazole rings is 1. The van der Waals surface area contributed by atoms with E-state index in [1.165, 1.54) is 16.9 Å². The van der Waals surface area contributed by atoms with Gasteiger partial charge in [0.25, 0.3) is 5.91 Å². The van der Waals surface area contributed by atoms with Gasteiger partial charge in [0.2, 0.25) is 0 Å². The Morgan fingerprint density at radius 1 is 1.31 bits per heavy atom. The van der Waals surface area contributed by atoms with Crippen molar-refractivity contribution in [3.05, 3.63) is 51.0 Å². The monoisotopic (exact) mass is 367 g/mol. The van der Waals surface area contributed by atoms with E-state index in [0.717, 1.165) is 34.7 Å². The number of rotatable bonds is 3. The Kier molecular flexibility index (Phi) is 4.32. The number of aryl methyl sites for hydroxylation is 3. The van der Waals surface area contributed by atoms with E-state index >= 15 is 0 Å². The third-order valence-corrected chi connectivity index (χ3v) is 6.11. The molecule has 1 amide bonds. The number of hydrogen-bond acceptors (Lipinski definition) is 5. The SMILES string of the molecule is Cc1ccc(NC(=O)c2cc3c(s2)CCC(C)C3)cc1-n1nnnc1C. The summed E-state index contributed by atoms with van der Waals surface area (Å²) in [4.78, 5) is 14.9. The van der Waals surface area contributed by atoms with Gasteiger partial charge in [-0.15, -0.1) is 16.4 Å². The van der Waals surface area contributed by atoms with Crippen molar-refractivity contribution in [2.45, 2.75) is 40.0 Å². The van der Waals surface area contributed by atoms with E-state index in [2.05, 4.69) is 33.8 Å². The summed E-state index contributed by atoms with van der Waals surface area (Å²) in [6, 6.07) is 7.84. The van der Waals surface area contributed by atoms with Gasteiger partial charge in [-0.25, -0.2) is 0 Å². The van der Waals surface area contributed by atoms with Crippen molar-refractivity contribution in [2.75, 3.05) is 5.32 Å². The zero-order chi connectivity index (χ0) is 18.3. The quantitative estimate of drug-likeness (QED) is 0.766. The van der Waals surface area contributed by atoms with E-state index in [0.29, 0.717) is 11.7 Å². The van der Waals surface area contributed by atoms with Crippen molar-refractivity contribution in [3.8, 4) is 5.69 Å². The summed E-state index contributed by atoms with van der Waals surface area (Å²) in [7, 11) is 0. The number of anilines is 1. The topological polar surface area (TPSA) is 72.7 Å². The van der Waals surface area contributed by atoms with Crippen molar-refractivity contribution in [1.82, 2.24) is 20.2 Å². The van der Waals surface area contributed by atoms with Crippen LogP contribution in [-0.4, -0.2) is 26.1 Å². The Hall–Kier alpha value is -2.54. The molecule has 0 fully saturated rings. The molecule has 6 nitrogen and oxygen atoms in total. The lowest BCUT2D eigenvalue weighted by molar-refractivity contribution is 0.103. The standard InChI is InChI=1S/C19H21N5OS/c1-11-4-7-17-14(8-11)9-18(26-17)19(25)20-15-6-5-12(2)16(10-15)24-13(3)21-22-23-24/h5-6,9-11H,4,7-8H2,1-3H3,(H,20,25). The van der Waals surface area contributed by atoms with E-state index in [1.54, 1.807) is 16.0 Å². The van der Waals surface area contributed by atoms with Gasteiger partial charge >= 0.3 is 0 Å². The lowest BCUT2D eigenvalue weighted by Crippen LogP contribution is -2.11. The van der Waals surface area contributed by atoms with Gasteiger partial charge in [0.05, 0.1) is 10.6 Å². The van der Waals surface area contributed by atoms with Gasteiger partial charge in [-0.3, -0.25) is 4.79 Å². The number of carbonyl (C=O) groups is 1. The second-order valence-electron chi connectivity index (χ2n) is 7.00. The van der Waals surface area contributed by atoms with Crippen LogP contribution >= 0.6 is 11.3 Å². The molecule has 1 aromatic carbocycles. The first-order valence-electron chi connectivity index (χ1n) is 8.80. The fourth-order valence-corrected chi connectivity index (χ4v) is 4.48. The van der Waals surface area contributed by atoms with Gasteiger partial charge < -0.3 is 5.32 Å². The van der Waals surface area contributed by atoms with E-state index < -0.39 is 0 Å². The Morgan fingerprint density at radius 2 is 2.15 bits per heavy atom. The number of fused-ring (bicyclic) bond motifs is 1. The number of nitrogens with zero attached hydrogens (tertiary/aromatic N) is 4. The fourth-order valence-electron chi connectivity index (χ4n) is 3.38. The van der Waals surface area contributed by atoms with Gasteiger partial charge in [-0.05, 0) is 78.8 Å². The first kappa shape index (κ1) is 16.9. The molecule has 3 aromatic rings. The number of carbonyl (C=O) groups excluding carboxylic acids is 1. The molecule has 0 radical (unpaired) electrons. The average Bonchev–Trinajstić information content (AvgIpc) is 3.22. The normalized spacial score (nSPS) is 16.3. The van der Waals surface area contributed by atoms with Crippen LogP contribution in [0.25, 0.3) is 5.69 Å². The number of thiophene rings is 1. The summed E-state index contributed by atoms with van der Waals surface area (Å²) in [5.74, 6) is 1.35. The number of aromatic nitrogens is 4. The van der Waals surface area contributed by atoms with Crippen molar-refractivity contribution in [1.29, 1.82) is 0 Å². The minimum Gasteiger partial charge on any atom is -0.321 e. The maximum atomic E-state index is 12.7.